The molecule has 2 unspecified atom stereocenters. The highest BCUT2D eigenvalue weighted by molar-refractivity contribution is 5.80. The largest absolute Gasteiger partial charge is 0.345 e. The summed E-state index contributed by atoms with van der Waals surface area (Å²) in [5.74, 6) is 0.168. The number of piperidine rings is 1. The van der Waals surface area contributed by atoms with Gasteiger partial charge in [-0.3, -0.25) is 9.78 Å². The van der Waals surface area contributed by atoms with Gasteiger partial charge < -0.3 is 10.6 Å². The Morgan fingerprint density at radius 3 is 2.68 bits per heavy atom. The van der Waals surface area contributed by atoms with E-state index in [-0.39, 0.29) is 17.9 Å². The summed E-state index contributed by atoms with van der Waals surface area (Å²) in [5.41, 5.74) is 2.08. The summed E-state index contributed by atoms with van der Waals surface area (Å²) in [4.78, 5) is 16.8. The minimum atomic E-state index is -0.149. The number of nitrogens with one attached hydrogen (secondary N) is 2. The number of amides is 1. The first-order chi connectivity index (χ1) is 10.8. The molecule has 1 aromatic carbocycles. The third-order valence-electron chi connectivity index (χ3n) is 4.10. The van der Waals surface area contributed by atoms with Crippen LogP contribution in [0.3, 0.4) is 0 Å². The quantitative estimate of drug-likeness (QED) is 0.910. The molecule has 2 N–H and O–H groups in total. The molecule has 2 heterocycles. The van der Waals surface area contributed by atoms with Gasteiger partial charge in [-0.15, -0.1) is 0 Å². The van der Waals surface area contributed by atoms with Crippen molar-refractivity contribution in [2.75, 3.05) is 13.1 Å². The fourth-order valence-corrected chi connectivity index (χ4v) is 2.89. The lowest BCUT2D eigenvalue weighted by Gasteiger charge is -2.26. The predicted octanol–water partition coefficient (Wildman–Crippen LogP) is 2.29. The first kappa shape index (κ1) is 14.7. The van der Waals surface area contributed by atoms with E-state index in [0.29, 0.717) is 0 Å². The van der Waals surface area contributed by atoms with Crippen LogP contribution in [0.2, 0.25) is 0 Å². The standard InChI is InChI=1S/C18H21N3O/c22-18(16-9-5-11-20-13-16)21-17(14-6-2-1-3-7-14)15-8-4-10-19-12-15/h1-4,6-8,10,12,16-17,20H,5,9,11,13H2,(H,21,22). The Labute approximate surface area is 131 Å². The van der Waals surface area contributed by atoms with Crippen molar-refractivity contribution in [2.45, 2.75) is 18.9 Å². The van der Waals surface area contributed by atoms with Crippen molar-refractivity contribution in [3.05, 3.63) is 66.0 Å². The van der Waals surface area contributed by atoms with Gasteiger partial charge in [-0.1, -0.05) is 36.4 Å². The number of aromatic nitrogens is 1. The average molecular weight is 295 g/mol. The van der Waals surface area contributed by atoms with Crippen LogP contribution in [0.1, 0.15) is 30.0 Å². The average Bonchev–Trinajstić information content (AvgIpc) is 2.62. The molecule has 1 amide bonds. The van der Waals surface area contributed by atoms with Crippen LogP contribution in [-0.2, 0) is 4.79 Å². The zero-order chi connectivity index (χ0) is 15.2. The molecule has 0 saturated carbocycles. The maximum atomic E-state index is 12.6. The smallest absolute Gasteiger partial charge is 0.225 e. The summed E-state index contributed by atoms with van der Waals surface area (Å²) >= 11 is 0. The maximum Gasteiger partial charge on any atom is 0.225 e. The first-order valence-corrected chi connectivity index (χ1v) is 7.80. The van der Waals surface area contributed by atoms with Crippen molar-refractivity contribution >= 4 is 5.91 Å². The SMILES string of the molecule is O=C(NC(c1ccccc1)c1cccnc1)C1CCCNC1. The van der Waals surface area contributed by atoms with Gasteiger partial charge in [0.15, 0.2) is 0 Å². The topological polar surface area (TPSA) is 54.0 Å². The molecule has 2 atom stereocenters. The maximum absolute atomic E-state index is 12.6. The van der Waals surface area contributed by atoms with Crippen molar-refractivity contribution in [1.29, 1.82) is 0 Å². The van der Waals surface area contributed by atoms with Gasteiger partial charge in [-0.2, -0.15) is 0 Å². The molecular weight excluding hydrogens is 274 g/mol. The second-order valence-corrected chi connectivity index (χ2v) is 5.68. The molecule has 0 radical (unpaired) electrons. The highest BCUT2D eigenvalue weighted by Gasteiger charge is 2.24. The summed E-state index contributed by atoms with van der Waals surface area (Å²) in [5, 5.41) is 6.50. The fraction of sp³-hybridized carbons (Fsp3) is 0.333. The molecule has 3 rings (SSSR count). The molecule has 2 aromatic rings. The van der Waals surface area contributed by atoms with Gasteiger partial charge in [0.05, 0.1) is 12.0 Å². The molecule has 22 heavy (non-hydrogen) atoms. The Balaban J connectivity index is 1.81. The van der Waals surface area contributed by atoms with E-state index in [1.807, 2.05) is 48.7 Å². The number of nitrogens with zero attached hydrogens (tertiary/aromatic N) is 1. The predicted molar refractivity (Wildman–Crippen MR) is 86.3 cm³/mol. The molecule has 4 heteroatoms. The van der Waals surface area contributed by atoms with Crippen molar-refractivity contribution in [2.24, 2.45) is 5.92 Å². The molecule has 0 bridgehead atoms. The van der Waals surface area contributed by atoms with Crippen LogP contribution in [0.15, 0.2) is 54.9 Å². The number of hydrogen-bond acceptors (Lipinski definition) is 3. The third-order valence-corrected chi connectivity index (χ3v) is 4.10. The molecule has 114 valence electrons. The first-order valence-electron chi connectivity index (χ1n) is 7.80. The molecule has 0 spiro atoms. The lowest BCUT2D eigenvalue weighted by molar-refractivity contribution is -0.126. The Kier molecular flexibility index (Phi) is 4.81. The van der Waals surface area contributed by atoms with E-state index in [9.17, 15) is 4.79 Å². The zero-order valence-electron chi connectivity index (χ0n) is 12.5. The number of carbonyl (C=O) groups is 1. The Bertz CT molecular complexity index is 555. The van der Waals surface area contributed by atoms with Crippen molar-refractivity contribution in [3.8, 4) is 0 Å². The van der Waals surface area contributed by atoms with Crippen molar-refractivity contribution < 1.29 is 4.79 Å². The van der Waals surface area contributed by atoms with Gasteiger partial charge in [0, 0.05) is 18.9 Å². The van der Waals surface area contributed by atoms with E-state index in [1.54, 1.807) is 6.20 Å². The highest BCUT2D eigenvalue weighted by Crippen LogP contribution is 2.22. The van der Waals surface area contributed by atoms with Gasteiger partial charge in [-0.05, 0) is 36.6 Å². The third kappa shape index (κ3) is 3.52. The van der Waals surface area contributed by atoms with E-state index in [1.165, 1.54) is 0 Å². The number of hydrogen-bond donors (Lipinski definition) is 2. The van der Waals surface area contributed by atoms with Crippen LogP contribution in [0.4, 0.5) is 0 Å². The molecule has 0 aliphatic carbocycles. The lowest BCUT2D eigenvalue weighted by Crippen LogP contribution is -2.42. The number of carbonyl (C=O) groups excluding carboxylic acids is 1. The van der Waals surface area contributed by atoms with Gasteiger partial charge in [0.1, 0.15) is 0 Å². The molecule has 1 aliphatic heterocycles. The van der Waals surface area contributed by atoms with E-state index >= 15 is 0 Å². The summed E-state index contributed by atoms with van der Waals surface area (Å²) in [6.45, 7) is 1.77. The minimum absolute atomic E-state index is 0.0524. The second kappa shape index (κ2) is 7.18. The van der Waals surface area contributed by atoms with Gasteiger partial charge in [0.2, 0.25) is 5.91 Å². The second-order valence-electron chi connectivity index (χ2n) is 5.68. The summed E-state index contributed by atoms with van der Waals surface area (Å²) < 4.78 is 0. The summed E-state index contributed by atoms with van der Waals surface area (Å²) in [6.07, 6.45) is 5.57. The van der Waals surface area contributed by atoms with Crippen LogP contribution in [0.25, 0.3) is 0 Å². The van der Waals surface area contributed by atoms with E-state index in [4.69, 9.17) is 0 Å². The highest BCUT2D eigenvalue weighted by atomic mass is 16.2. The minimum Gasteiger partial charge on any atom is -0.345 e. The Hall–Kier alpha value is -2.20. The Morgan fingerprint density at radius 1 is 1.18 bits per heavy atom. The van der Waals surface area contributed by atoms with Gasteiger partial charge >= 0.3 is 0 Å². The molecular formula is C18H21N3O. The number of rotatable bonds is 4. The molecule has 4 nitrogen and oxygen atoms in total. The normalized spacial score (nSPS) is 19.4. The molecule has 1 fully saturated rings. The van der Waals surface area contributed by atoms with Gasteiger partial charge in [0.25, 0.3) is 0 Å². The molecule has 1 aliphatic rings. The zero-order valence-corrected chi connectivity index (χ0v) is 12.5. The van der Waals surface area contributed by atoms with Crippen molar-refractivity contribution in [1.82, 2.24) is 15.6 Å². The number of benzene rings is 1. The van der Waals surface area contributed by atoms with E-state index in [2.05, 4.69) is 15.6 Å². The lowest BCUT2D eigenvalue weighted by atomic mass is 9.95. The fourth-order valence-electron chi connectivity index (χ4n) is 2.89. The Morgan fingerprint density at radius 2 is 2.00 bits per heavy atom. The molecule has 1 saturated heterocycles. The van der Waals surface area contributed by atoms with Crippen LogP contribution in [0, 0.1) is 5.92 Å². The summed E-state index contributed by atoms with van der Waals surface area (Å²) in [7, 11) is 0. The van der Waals surface area contributed by atoms with Crippen LogP contribution in [0.5, 0.6) is 0 Å². The van der Waals surface area contributed by atoms with Crippen LogP contribution in [-0.4, -0.2) is 24.0 Å². The molecule has 1 aromatic heterocycles. The number of pyridine rings is 1. The van der Waals surface area contributed by atoms with Crippen molar-refractivity contribution in [3.63, 3.8) is 0 Å². The van der Waals surface area contributed by atoms with E-state index in [0.717, 1.165) is 37.1 Å². The monoisotopic (exact) mass is 295 g/mol. The van der Waals surface area contributed by atoms with Crippen LogP contribution < -0.4 is 10.6 Å². The summed E-state index contributed by atoms with van der Waals surface area (Å²) in [6, 6.07) is 13.8. The van der Waals surface area contributed by atoms with Crippen LogP contribution >= 0.6 is 0 Å². The van der Waals surface area contributed by atoms with E-state index < -0.39 is 0 Å². The van der Waals surface area contributed by atoms with Gasteiger partial charge in [-0.25, -0.2) is 0 Å².